The highest BCUT2D eigenvalue weighted by Gasteiger charge is 2.17. The van der Waals surface area contributed by atoms with Crippen molar-refractivity contribution in [3.63, 3.8) is 0 Å². The molecule has 0 amide bonds. The van der Waals surface area contributed by atoms with Crippen molar-refractivity contribution >= 4 is 17.3 Å². The molecular weight excluding hydrogens is 230 g/mol. The lowest BCUT2D eigenvalue weighted by molar-refractivity contribution is 0.193. The molecule has 1 aliphatic heterocycles. The number of piperidine rings is 1. The van der Waals surface area contributed by atoms with Crippen LogP contribution < -0.4 is 10.6 Å². The standard InChI is InChI=1S/C13H27N3S/c1-4-16-7-5-12(6-8-16)10-15-13(17)14-9-11(2)3/h11-12H,4-10H2,1-3H3,(H2,14,15,17). The monoisotopic (exact) mass is 257 g/mol. The molecule has 0 spiro atoms. The highest BCUT2D eigenvalue weighted by molar-refractivity contribution is 7.80. The third-order valence-electron chi connectivity index (χ3n) is 3.38. The molecule has 0 aromatic carbocycles. The Morgan fingerprint density at radius 3 is 2.47 bits per heavy atom. The zero-order valence-corrected chi connectivity index (χ0v) is 12.3. The van der Waals surface area contributed by atoms with Crippen molar-refractivity contribution in [1.29, 1.82) is 0 Å². The molecule has 1 fully saturated rings. The Hall–Kier alpha value is -0.350. The summed E-state index contributed by atoms with van der Waals surface area (Å²) in [5.74, 6) is 1.43. The Morgan fingerprint density at radius 1 is 1.29 bits per heavy atom. The quantitative estimate of drug-likeness (QED) is 0.735. The Balaban J connectivity index is 2.08. The number of nitrogens with zero attached hydrogens (tertiary/aromatic N) is 1. The van der Waals surface area contributed by atoms with Gasteiger partial charge in [-0.25, -0.2) is 0 Å². The van der Waals surface area contributed by atoms with E-state index in [4.69, 9.17) is 12.2 Å². The third-order valence-corrected chi connectivity index (χ3v) is 3.67. The van der Waals surface area contributed by atoms with Crippen molar-refractivity contribution in [1.82, 2.24) is 15.5 Å². The molecule has 0 aromatic rings. The van der Waals surface area contributed by atoms with Crippen molar-refractivity contribution in [3.8, 4) is 0 Å². The first-order chi connectivity index (χ1) is 8.11. The average Bonchev–Trinajstić information content (AvgIpc) is 2.34. The number of thiocarbonyl (C=S) groups is 1. The van der Waals surface area contributed by atoms with E-state index in [0.29, 0.717) is 5.92 Å². The Labute approximate surface area is 111 Å². The first kappa shape index (κ1) is 14.7. The minimum absolute atomic E-state index is 0.641. The minimum Gasteiger partial charge on any atom is -0.362 e. The van der Waals surface area contributed by atoms with Gasteiger partial charge >= 0.3 is 0 Å². The van der Waals surface area contributed by atoms with E-state index in [1.165, 1.54) is 32.5 Å². The molecule has 0 atom stereocenters. The van der Waals surface area contributed by atoms with Gasteiger partial charge in [-0.3, -0.25) is 0 Å². The average molecular weight is 257 g/mol. The molecule has 1 saturated heterocycles. The van der Waals surface area contributed by atoms with Gasteiger partial charge in [0.1, 0.15) is 0 Å². The first-order valence-electron chi connectivity index (χ1n) is 6.85. The highest BCUT2D eigenvalue weighted by atomic mass is 32.1. The van der Waals surface area contributed by atoms with E-state index in [0.717, 1.165) is 24.1 Å². The van der Waals surface area contributed by atoms with Gasteiger partial charge in [0.25, 0.3) is 0 Å². The number of nitrogens with one attached hydrogen (secondary N) is 2. The lowest BCUT2D eigenvalue weighted by Crippen LogP contribution is -2.42. The van der Waals surface area contributed by atoms with E-state index >= 15 is 0 Å². The minimum atomic E-state index is 0.641. The predicted molar refractivity (Wildman–Crippen MR) is 78.3 cm³/mol. The van der Waals surface area contributed by atoms with Crippen molar-refractivity contribution in [3.05, 3.63) is 0 Å². The van der Waals surface area contributed by atoms with Crippen LogP contribution in [0.4, 0.5) is 0 Å². The predicted octanol–water partition coefficient (Wildman–Crippen LogP) is 1.84. The van der Waals surface area contributed by atoms with Crippen LogP contribution in [0.1, 0.15) is 33.6 Å². The summed E-state index contributed by atoms with van der Waals surface area (Å²) in [5.41, 5.74) is 0. The molecule has 1 aliphatic rings. The van der Waals surface area contributed by atoms with Crippen LogP contribution in [0.5, 0.6) is 0 Å². The van der Waals surface area contributed by atoms with Crippen LogP contribution in [0.2, 0.25) is 0 Å². The summed E-state index contributed by atoms with van der Waals surface area (Å²) < 4.78 is 0. The van der Waals surface area contributed by atoms with E-state index in [-0.39, 0.29) is 0 Å². The van der Waals surface area contributed by atoms with Gasteiger partial charge < -0.3 is 15.5 Å². The summed E-state index contributed by atoms with van der Waals surface area (Å²) in [6, 6.07) is 0. The molecule has 2 N–H and O–H groups in total. The molecule has 0 unspecified atom stereocenters. The molecule has 100 valence electrons. The number of rotatable bonds is 5. The number of likely N-dealkylation sites (tertiary alicyclic amines) is 1. The fourth-order valence-corrected chi connectivity index (χ4v) is 2.27. The maximum atomic E-state index is 5.25. The molecule has 4 heteroatoms. The van der Waals surface area contributed by atoms with Crippen LogP contribution in [0, 0.1) is 11.8 Å². The van der Waals surface area contributed by atoms with Crippen LogP contribution >= 0.6 is 12.2 Å². The van der Waals surface area contributed by atoms with Gasteiger partial charge in [0.05, 0.1) is 0 Å². The van der Waals surface area contributed by atoms with E-state index in [2.05, 4.69) is 36.3 Å². The topological polar surface area (TPSA) is 27.3 Å². The number of hydrogen-bond acceptors (Lipinski definition) is 2. The molecule has 17 heavy (non-hydrogen) atoms. The Kier molecular flexibility index (Phi) is 6.82. The summed E-state index contributed by atoms with van der Waals surface area (Å²) in [7, 11) is 0. The maximum Gasteiger partial charge on any atom is 0.166 e. The molecule has 1 heterocycles. The smallest absolute Gasteiger partial charge is 0.166 e. The van der Waals surface area contributed by atoms with E-state index in [1.807, 2.05) is 0 Å². The van der Waals surface area contributed by atoms with Crippen LogP contribution in [0.25, 0.3) is 0 Å². The molecule has 0 aliphatic carbocycles. The van der Waals surface area contributed by atoms with Crippen molar-refractivity contribution in [2.24, 2.45) is 11.8 Å². The van der Waals surface area contributed by atoms with Crippen LogP contribution in [-0.4, -0.2) is 42.7 Å². The number of hydrogen-bond donors (Lipinski definition) is 2. The van der Waals surface area contributed by atoms with Gasteiger partial charge in [0.2, 0.25) is 0 Å². The third kappa shape index (κ3) is 6.22. The van der Waals surface area contributed by atoms with Crippen LogP contribution in [0.3, 0.4) is 0 Å². The molecule has 0 aromatic heterocycles. The second kappa shape index (κ2) is 7.88. The summed E-state index contributed by atoms with van der Waals surface area (Å²) in [6.07, 6.45) is 2.60. The van der Waals surface area contributed by atoms with Crippen molar-refractivity contribution < 1.29 is 0 Å². The summed E-state index contributed by atoms with van der Waals surface area (Å²) in [4.78, 5) is 2.52. The zero-order chi connectivity index (χ0) is 12.7. The van der Waals surface area contributed by atoms with Crippen molar-refractivity contribution in [2.75, 3.05) is 32.7 Å². The summed E-state index contributed by atoms with van der Waals surface area (Å²) in [6.45, 7) is 12.3. The first-order valence-corrected chi connectivity index (χ1v) is 7.26. The van der Waals surface area contributed by atoms with E-state index < -0.39 is 0 Å². The van der Waals surface area contributed by atoms with Gasteiger partial charge in [-0.1, -0.05) is 20.8 Å². The maximum absolute atomic E-state index is 5.25. The van der Waals surface area contributed by atoms with Crippen LogP contribution in [0.15, 0.2) is 0 Å². The van der Waals surface area contributed by atoms with E-state index in [1.54, 1.807) is 0 Å². The Morgan fingerprint density at radius 2 is 1.94 bits per heavy atom. The second-order valence-electron chi connectivity index (χ2n) is 5.36. The van der Waals surface area contributed by atoms with E-state index in [9.17, 15) is 0 Å². The fourth-order valence-electron chi connectivity index (χ4n) is 2.10. The summed E-state index contributed by atoms with van der Waals surface area (Å²) in [5, 5.41) is 7.41. The molecular formula is C13H27N3S. The molecule has 0 radical (unpaired) electrons. The highest BCUT2D eigenvalue weighted by Crippen LogP contribution is 2.15. The van der Waals surface area contributed by atoms with Gasteiger partial charge in [0, 0.05) is 13.1 Å². The van der Waals surface area contributed by atoms with Gasteiger partial charge in [-0.15, -0.1) is 0 Å². The fraction of sp³-hybridized carbons (Fsp3) is 0.923. The van der Waals surface area contributed by atoms with Gasteiger partial charge in [-0.05, 0) is 56.5 Å². The molecule has 1 rings (SSSR count). The largest absolute Gasteiger partial charge is 0.362 e. The van der Waals surface area contributed by atoms with Gasteiger partial charge in [-0.2, -0.15) is 0 Å². The lowest BCUT2D eigenvalue weighted by Gasteiger charge is -2.31. The Bertz CT molecular complexity index is 223. The molecule has 0 saturated carbocycles. The summed E-state index contributed by atoms with van der Waals surface area (Å²) >= 11 is 5.25. The second-order valence-corrected chi connectivity index (χ2v) is 5.77. The normalized spacial score (nSPS) is 18.4. The SMILES string of the molecule is CCN1CCC(CNC(=S)NCC(C)C)CC1. The zero-order valence-electron chi connectivity index (χ0n) is 11.5. The van der Waals surface area contributed by atoms with Gasteiger partial charge in [0.15, 0.2) is 5.11 Å². The van der Waals surface area contributed by atoms with Crippen molar-refractivity contribution in [2.45, 2.75) is 33.6 Å². The lowest BCUT2D eigenvalue weighted by atomic mass is 9.97. The van der Waals surface area contributed by atoms with Crippen LogP contribution in [-0.2, 0) is 0 Å². The molecule has 3 nitrogen and oxygen atoms in total. The molecule has 0 bridgehead atoms.